The summed E-state index contributed by atoms with van der Waals surface area (Å²) in [6.45, 7) is 1.30. The van der Waals surface area contributed by atoms with Crippen LogP contribution in [0.2, 0.25) is 0 Å². The molecule has 21 heavy (non-hydrogen) atoms. The van der Waals surface area contributed by atoms with Gasteiger partial charge in [0, 0.05) is 18.1 Å². The quantitative estimate of drug-likeness (QED) is 0.625. The van der Waals surface area contributed by atoms with Gasteiger partial charge in [0.2, 0.25) is 0 Å². The van der Waals surface area contributed by atoms with Crippen LogP contribution in [0.1, 0.15) is 28.4 Å². The fraction of sp³-hybridized carbons (Fsp3) is 0.0588. The van der Waals surface area contributed by atoms with Gasteiger partial charge in [-0.05, 0) is 41.5 Å². The molecule has 104 valence electrons. The first kappa shape index (κ1) is 13.2. The molecule has 0 aromatic heterocycles. The third-order valence-corrected chi connectivity index (χ3v) is 3.21. The Morgan fingerprint density at radius 2 is 1.95 bits per heavy atom. The predicted molar refractivity (Wildman–Crippen MR) is 76.4 cm³/mol. The summed E-state index contributed by atoms with van der Waals surface area (Å²) in [6, 6.07) is 10.8. The summed E-state index contributed by atoms with van der Waals surface area (Å²) in [6.07, 6.45) is 1.71. The van der Waals surface area contributed by atoms with Crippen molar-refractivity contribution in [3.8, 4) is 5.75 Å². The number of Topliss-reactive ketones (excluding diaryl/α,β-unsaturated/α-hetero) is 1. The van der Waals surface area contributed by atoms with Crippen molar-refractivity contribution >= 4 is 23.4 Å². The standard InChI is InChI=1S/C17H11FO3/c1-10(19)21-14-6-5-12-8-15(17(20)16(12)9-14)11-3-2-4-13(18)7-11/h2-9H,1H3. The Balaban J connectivity index is 1.99. The number of carbonyl (C=O) groups excluding carboxylic acids is 2. The summed E-state index contributed by atoms with van der Waals surface area (Å²) in [4.78, 5) is 23.4. The van der Waals surface area contributed by atoms with Crippen molar-refractivity contribution in [3.05, 3.63) is 65.0 Å². The normalized spacial score (nSPS) is 12.9. The maximum Gasteiger partial charge on any atom is 0.308 e. The Labute approximate surface area is 120 Å². The second-order valence-electron chi connectivity index (χ2n) is 4.74. The summed E-state index contributed by atoms with van der Waals surface area (Å²) in [5.41, 5.74) is 2.15. The van der Waals surface area contributed by atoms with E-state index in [2.05, 4.69) is 0 Å². The molecule has 3 rings (SSSR count). The number of ketones is 1. The Morgan fingerprint density at radius 3 is 2.67 bits per heavy atom. The fourth-order valence-corrected chi connectivity index (χ4v) is 2.32. The van der Waals surface area contributed by atoms with Gasteiger partial charge in [0.05, 0.1) is 0 Å². The smallest absolute Gasteiger partial charge is 0.308 e. The Hall–Kier alpha value is -2.75. The van der Waals surface area contributed by atoms with E-state index in [0.717, 1.165) is 5.56 Å². The molecule has 1 aliphatic rings. The Morgan fingerprint density at radius 1 is 1.14 bits per heavy atom. The second kappa shape index (κ2) is 4.98. The summed E-state index contributed by atoms with van der Waals surface area (Å²) in [7, 11) is 0. The minimum Gasteiger partial charge on any atom is -0.427 e. The highest BCUT2D eigenvalue weighted by Gasteiger charge is 2.24. The molecule has 0 saturated carbocycles. The van der Waals surface area contributed by atoms with Crippen molar-refractivity contribution in [2.24, 2.45) is 0 Å². The van der Waals surface area contributed by atoms with Crippen LogP contribution < -0.4 is 4.74 Å². The highest BCUT2D eigenvalue weighted by Crippen LogP contribution is 2.33. The number of benzene rings is 2. The lowest BCUT2D eigenvalue weighted by molar-refractivity contribution is -0.131. The monoisotopic (exact) mass is 282 g/mol. The first-order valence-electron chi connectivity index (χ1n) is 6.39. The third kappa shape index (κ3) is 2.48. The van der Waals surface area contributed by atoms with Gasteiger partial charge in [0.1, 0.15) is 11.6 Å². The van der Waals surface area contributed by atoms with Gasteiger partial charge in [0.15, 0.2) is 5.78 Å². The summed E-state index contributed by atoms with van der Waals surface area (Å²) < 4.78 is 18.3. The Kier molecular flexibility index (Phi) is 3.14. The lowest BCUT2D eigenvalue weighted by Crippen LogP contribution is -2.03. The average molecular weight is 282 g/mol. The van der Waals surface area contributed by atoms with Gasteiger partial charge >= 0.3 is 5.97 Å². The van der Waals surface area contributed by atoms with E-state index in [1.807, 2.05) is 0 Å². The molecule has 0 N–H and O–H groups in total. The van der Waals surface area contributed by atoms with E-state index >= 15 is 0 Å². The molecule has 0 spiro atoms. The van der Waals surface area contributed by atoms with E-state index in [1.165, 1.54) is 25.1 Å². The Bertz CT molecular complexity index is 790. The van der Waals surface area contributed by atoms with Crippen LogP contribution in [-0.4, -0.2) is 11.8 Å². The molecule has 3 nitrogen and oxygen atoms in total. The first-order chi connectivity index (χ1) is 10.0. The fourth-order valence-electron chi connectivity index (χ4n) is 2.32. The van der Waals surface area contributed by atoms with Crippen LogP contribution in [0.3, 0.4) is 0 Å². The lowest BCUT2D eigenvalue weighted by Gasteiger charge is -2.04. The number of carbonyl (C=O) groups is 2. The summed E-state index contributed by atoms with van der Waals surface area (Å²) >= 11 is 0. The van der Waals surface area contributed by atoms with E-state index in [1.54, 1.807) is 30.3 Å². The van der Waals surface area contributed by atoms with Crippen molar-refractivity contribution in [1.82, 2.24) is 0 Å². The maximum atomic E-state index is 13.3. The molecule has 4 heteroatoms. The molecular formula is C17H11FO3. The highest BCUT2D eigenvalue weighted by molar-refractivity contribution is 6.37. The van der Waals surface area contributed by atoms with E-state index in [0.29, 0.717) is 22.4 Å². The van der Waals surface area contributed by atoms with E-state index < -0.39 is 11.8 Å². The van der Waals surface area contributed by atoms with Crippen LogP contribution in [0.5, 0.6) is 5.75 Å². The first-order valence-corrected chi connectivity index (χ1v) is 6.39. The molecule has 0 atom stereocenters. The molecule has 0 fully saturated rings. The molecule has 0 unspecified atom stereocenters. The lowest BCUT2D eigenvalue weighted by atomic mass is 10.0. The van der Waals surface area contributed by atoms with Gasteiger partial charge in [-0.25, -0.2) is 4.39 Å². The number of esters is 1. The van der Waals surface area contributed by atoms with Gasteiger partial charge in [-0.2, -0.15) is 0 Å². The number of allylic oxidation sites excluding steroid dienone is 1. The summed E-state index contributed by atoms with van der Waals surface area (Å²) in [5, 5.41) is 0. The maximum absolute atomic E-state index is 13.3. The molecule has 1 aliphatic carbocycles. The predicted octanol–water partition coefficient (Wildman–Crippen LogP) is 3.49. The molecular weight excluding hydrogens is 271 g/mol. The number of hydrogen-bond donors (Lipinski definition) is 0. The largest absolute Gasteiger partial charge is 0.427 e. The molecule has 0 amide bonds. The van der Waals surface area contributed by atoms with Crippen molar-refractivity contribution < 1.29 is 18.7 Å². The zero-order chi connectivity index (χ0) is 15.0. The molecule has 2 aromatic carbocycles. The van der Waals surface area contributed by atoms with Crippen molar-refractivity contribution in [2.75, 3.05) is 0 Å². The summed E-state index contributed by atoms with van der Waals surface area (Å²) in [5.74, 6) is -0.718. The third-order valence-electron chi connectivity index (χ3n) is 3.21. The van der Waals surface area contributed by atoms with E-state index in [9.17, 15) is 14.0 Å². The van der Waals surface area contributed by atoms with Gasteiger partial charge in [-0.1, -0.05) is 18.2 Å². The average Bonchev–Trinajstić information content (AvgIpc) is 2.75. The van der Waals surface area contributed by atoms with Crippen LogP contribution in [0, 0.1) is 5.82 Å². The van der Waals surface area contributed by atoms with Crippen LogP contribution in [0.15, 0.2) is 42.5 Å². The highest BCUT2D eigenvalue weighted by atomic mass is 19.1. The molecule has 0 radical (unpaired) electrons. The molecule has 0 aliphatic heterocycles. The number of hydrogen-bond acceptors (Lipinski definition) is 3. The van der Waals surface area contributed by atoms with E-state index in [4.69, 9.17) is 4.74 Å². The van der Waals surface area contributed by atoms with Crippen LogP contribution in [0.4, 0.5) is 4.39 Å². The molecule has 0 bridgehead atoms. The van der Waals surface area contributed by atoms with Crippen LogP contribution >= 0.6 is 0 Å². The molecule has 0 heterocycles. The van der Waals surface area contributed by atoms with Crippen molar-refractivity contribution in [1.29, 1.82) is 0 Å². The van der Waals surface area contributed by atoms with Gasteiger partial charge in [-0.3, -0.25) is 9.59 Å². The number of fused-ring (bicyclic) bond motifs is 1. The zero-order valence-electron chi connectivity index (χ0n) is 11.2. The van der Waals surface area contributed by atoms with Crippen LogP contribution in [0.25, 0.3) is 11.6 Å². The minimum atomic E-state index is -0.446. The number of ether oxygens (including phenoxy) is 1. The van der Waals surface area contributed by atoms with Gasteiger partial charge < -0.3 is 4.74 Å². The zero-order valence-corrected chi connectivity index (χ0v) is 11.2. The molecule has 2 aromatic rings. The van der Waals surface area contributed by atoms with Crippen molar-refractivity contribution in [2.45, 2.75) is 6.92 Å². The van der Waals surface area contributed by atoms with Crippen LogP contribution in [-0.2, 0) is 4.79 Å². The molecule has 0 saturated heterocycles. The van der Waals surface area contributed by atoms with Gasteiger partial charge in [-0.15, -0.1) is 0 Å². The van der Waals surface area contributed by atoms with E-state index in [-0.39, 0.29) is 5.78 Å². The second-order valence-corrected chi connectivity index (χ2v) is 4.74. The minimum absolute atomic E-state index is 0.204. The number of halogens is 1. The SMILES string of the molecule is CC(=O)Oc1ccc2c(c1)C(=O)C(c1cccc(F)c1)=C2. The number of rotatable bonds is 2. The topological polar surface area (TPSA) is 43.4 Å². The van der Waals surface area contributed by atoms with Crippen molar-refractivity contribution in [3.63, 3.8) is 0 Å². The van der Waals surface area contributed by atoms with Gasteiger partial charge in [0.25, 0.3) is 0 Å².